The van der Waals surface area contributed by atoms with Crippen LogP contribution in [0.25, 0.3) is 0 Å². The number of anilines is 2. The first-order chi connectivity index (χ1) is 17.0. The predicted octanol–water partition coefficient (Wildman–Crippen LogP) is 6.74. The number of carbonyl (C=O) groups is 2. The van der Waals surface area contributed by atoms with Crippen LogP contribution in [0.5, 0.6) is 0 Å². The van der Waals surface area contributed by atoms with Crippen molar-refractivity contribution in [2.45, 2.75) is 32.1 Å². The van der Waals surface area contributed by atoms with E-state index in [0.717, 1.165) is 17.0 Å². The molecule has 11 heteroatoms. The van der Waals surface area contributed by atoms with E-state index in [4.69, 9.17) is 23.2 Å². The van der Waals surface area contributed by atoms with Crippen molar-refractivity contribution >= 4 is 46.6 Å². The molecule has 0 spiro atoms. The number of nitrogens with zero attached hydrogens (tertiary/aromatic N) is 3. The highest BCUT2D eigenvalue weighted by molar-refractivity contribution is 6.31. The summed E-state index contributed by atoms with van der Waals surface area (Å²) in [5.74, 6) is -1.65. The fourth-order valence-corrected chi connectivity index (χ4v) is 4.57. The first-order valence-corrected chi connectivity index (χ1v) is 11.6. The largest absolute Gasteiger partial charge is 0.347 e. The number of nitrogens with one attached hydrogen (secondary N) is 1. The fourth-order valence-electron chi connectivity index (χ4n) is 4.19. The maximum absolute atomic E-state index is 14.5. The van der Waals surface area contributed by atoms with Crippen molar-refractivity contribution in [3.8, 4) is 0 Å². The highest BCUT2D eigenvalue weighted by Gasteiger charge is 2.56. The van der Waals surface area contributed by atoms with Crippen molar-refractivity contribution in [1.29, 1.82) is 0 Å². The van der Waals surface area contributed by atoms with Crippen molar-refractivity contribution in [3.05, 3.63) is 94.0 Å². The lowest BCUT2D eigenvalue weighted by atomic mass is 9.99. The molecule has 1 aliphatic rings. The zero-order valence-electron chi connectivity index (χ0n) is 19.3. The summed E-state index contributed by atoms with van der Waals surface area (Å²) >= 11 is 12.1. The lowest BCUT2D eigenvalue weighted by Crippen LogP contribution is -2.58. The average molecular weight is 535 g/mol. The zero-order valence-corrected chi connectivity index (χ0v) is 20.8. The van der Waals surface area contributed by atoms with E-state index in [2.05, 4.69) is 5.32 Å². The third kappa shape index (κ3) is 4.82. The van der Waals surface area contributed by atoms with Gasteiger partial charge in [-0.3, -0.25) is 10.1 Å². The van der Waals surface area contributed by atoms with Gasteiger partial charge in [-0.05, 0) is 62.4 Å². The molecule has 2 N–H and O–H groups in total. The Balaban J connectivity index is 1.74. The van der Waals surface area contributed by atoms with Gasteiger partial charge in [-0.1, -0.05) is 41.4 Å². The van der Waals surface area contributed by atoms with Gasteiger partial charge in [0.1, 0.15) is 11.6 Å². The van der Waals surface area contributed by atoms with E-state index in [9.17, 15) is 23.6 Å². The number of hydroxylamine groups is 2. The topological polar surface area (TPSA) is 76.1 Å². The minimum absolute atomic E-state index is 0.275. The van der Waals surface area contributed by atoms with Gasteiger partial charge in [-0.2, -0.15) is 5.06 Å². The van der Waals surface area contributed by atoms with Crippen molar-refractivity contribution < 1.29 is 23.6 Å². The number of benzene rings is 3. The molecule has 1 saturated heterocycles. The first-order valence-electron chi connectivity index (χ1n) is 10.8. The molecular formula is C25H22Cl2F2N4O3. The van der Waals surface area contributed by atoms with Crippen LogP contribution in [-0.2, 0) is 6.54 Å². The second-order valence-electron chi connectivity index (χ2n) is 8.73. The lowest BCUT2D eigenvalue weighted by Gasteiger charge is -2.38. The van der Waals surface area contributed by atoms with E-state index in [1.807, 2.05) is 0 Å². The Morgan fingerprint density at radius 1 is 1.03 bits per heavy atom. The number of hydrogen-bond donors (Lipinski definition) is 2. The van der Waals surface area contributed by atoms with Crippen LogP contribution in [0.4, 0.5) is 29.7 Å². The molecule has 0 aliphatic carbocycles. The summed E-state index contributed by atoms with van der Waals surface area (Å²) in [5.41, 5.74) is -1.06. The fraction of sp³-hybridized carbons (Fsp3) is 0.200. The van der Waals surface area contributed by atoms with Crippen molar-refractivity contribution in [3.63, 3.8) is 0 Å². The number of halogens is 4. The van der Waals surface area contributed by atoms with Crippen molar-refractivity contribution in [1.82, 2.24) is 9.96 Å². The smallest absolute Gasteiger partial charge is 0.311 e. The Bertz CT molecular complexity index is 1300. The van der Waals surface area contributed by atoms with Crippen LogP contribution < -0.4 is 10.2 Å². The van der Waals surface area contributed by atoms with E-state index in [0.29, 0.717) is 20.8 Å². The number of amides is 4. The minimum Gasteiger partial charge on any atom is -0.311 e. The normalized spacial score (nSPS) is 16.9. The summed E-state index contributed by atoms with van der Waals surface area (Å²) in [5, 5.41) is 14.7. The van der Waals surface area contributed by atoms with Gasteiger partial charge >= 0.3 is 12.1 Å². The van der Waals surface area contributed by atoms with E-state index in [1.54, 1.807) is 50.2 Å². The zero-order chi connectivity index (χ0) is 26.2. The second kappa shape index (κ2) is 9.93. The molecule has 1 atom stereocenters. The van der Waals surface area contributed by atoms with E-state index < -0.39 is 41.9 Å². The van der Waals surface area contributed by atoms with Gasteiger partial charge in [0, 0.05) is 27.0 Å². The summed E-state index contributed by atoms with van der Waals surface area (Å²) in [6, 6.07) is 14.3. The third-order valence-corrected chi connectivity index (χ3v) is 6.46. The van der Waals surface area contributed by atoms with Gasteiger partial charge in [-0.15, -0.1) is 0 Å². The molecule has 1 aliphatic heterocycles. The summed E-state index contributed by atoms with van der Waals surface area (Å²) in [7, 11) is 0. The maximum atomic E-state index is 14.5. The van der Waals surface area contributed by atoms with Gasteiger partial charge in [0.2, 0.25) is 0 Å². The van der Waals surface area contributed by atoms with Gasteiger partial charge in [0.05, 0.1) is 12.1 Å². The highest BCUT2D eigenvalue weighted by atomic mass is 35.5. The van der Waals surface area contributed by atoms with Crippen LogP contribution in [0, 0.1) is 11.6 Å². The summed E-state index contributed by atoms with van der Waals surface area (Å²) in [4.78, 5) is 29.1. The molecule has 188 valence electrons. The molecule has 0 bridgehead atoms. The molecule has 1 fully saturated rings. The van der Waals surface area contributed by atoms with E-state index in [1.165, 1.54) is 23.1 Å². The molecule has 1 unspecified atom stereocenters. The molecule has 0 radical (unpaired) electrons. The van der Waals surface area contributed by atoms with Crippen LogP contribution in [0.3, 0.4) is 0 Å². The second-order valence-corrected chi connectivity index (χ2v) is 9.60. The number of urea groups is 2. The molecule has 0 aromatic heterocycles. The van der Waals surface area contributed by atoms with Gasteiger partial charge < -0.3 is 10.2 Å². The number of rotatable bonds is 5. The van der Waals surface area contributed by atoms with Crippen LogP contribution in [0.15, 0.2) is 66.7 Å². The summed E-state index contributed by atoms with van der Waals surface area (Å²) < 4.78 is 28.9. The molecule has 0 saturated carbocycles. The molecule has 3 aromatic rings. The standard InChI is InChI=1S/C25H22Cl2F2N4O3/c1-25(2)22(33(36)23(34)30-17-8-3-6-15(26)12-17)32(18-9-4-7-16(27)13-18)24(35)31(25)14-19-20(28)10-5-11-21(19)29/h3-13,22,36H,14H2,1-2H3,(H,30,34). The highest BCUT2D eigenvalue weighted by Crippen LogP contribution is 2.40. The molecule has 4 rings (SSSR count). The maximum Gasteiger partial charge on any atom is 0.347 e. The van der Waals surface area contributed by atoms with Crippen LogP contribution in [-0.4, -0.2) is 38.9 Å². The Hall–Kier alpha value is -3.40. The number of hydrogen-bond acceptors (Lipinski definition) is 3. The lowest BCUT2D eigenvalue weighted by molar-refractivity contribution is -0.0955. The van der Waals surface area contributed by atoms with Crippen molar-refractivity contribution in [2.24, 2.45) is 0 Å². The third-order valence-electron chi connectivity index (χ3n) is 5.99. The Morgan fingerprint density at radius 2 is 1.61 bits per heavy atom. The van der Waals surface area contributed by atoms with Gasteiger partial charge in [0.15, 0.2) is 6.17 Å². The Kier molecular flexibility index (Phi) is 7.08. The number of carbonyl (C=O) groups excluding carboxylic acids is 2. The Morgan fingerprint density at radius 3 is 2.22 bits per heavy atom. The molecule has 1 heterocycles. The van der Waals surface area contributed by atoms with Crippen LogP contribution in [0.1, 0.15) is 19.4 Å². The summed E-state index contributed by atoms with van der Waals surface area (Å²) in [6.45, 7) is 2.71. The van der Waals surface area contributed by atoms with E-state index in [-0.39, 0.29) is 11.3 Å². The molecule has 3 aromatic carbocycles. The minimum atomic E-state index is -1.32. The van der Waals surface area contributed by atoms with Gasteiger partial charge in [-0.25, -0.2) is 18.4 Å². The Labute approximate surface area is 216 Å². The predicted molar refractivity (Wildman–Crippen MR) is 133 cm³/mol. The van der Waals surface area contributed by atoms with Crippen molar-refractivity contribution in [2.75, 3.05) is 10.2 Å². The molecule has 7 nitrogen and oxygen atoms in total. The summed E-state index contributed by atoms with van der Waals surface area (Å²) in [6.07, 6.45) is -1.31. The first kappa shape index (κ1) is 25.7. The monoisotopic (exact) mass is 534 g/mol. The molecule has 4 amide bonds. The quantitative estimate of drug-likeness (QED) is 0.281. The van der Waals surface area contributed by atoms with Crippen LogP contribution >= 0.6 is 23.2 Å². The molecule has 36 heavy (non-hydrogen) atoms. The molecular weight excluding hydrogens is 513 g/mol. The average Bonchev–Trinajstić information content (AvgIpc) is 3.00. The SMILES string of the molecule is CC1(C)C(N(O)C(=O)Nc2cccc(Cl)c2)N(c2cccc(Cl)c2)C(=O)N1Cc1c(F)cccc1F. The van der Waals surface area contributed by atoms with Gasteiger partial charge in [0.25, 0.3) is 0 Å². The van der Waals surface area contributed by atoms with Crippen LogP contribution in [0.2, 0.25) is 10.0 Å². The van der Waals surface area contributed by atoms with E-state index >= 15 is 0 Å².